The summed E-state index contributed by atoms with van der Waals surface area (Å²) < 4.78 is 4.91. The maximum Gasteiger partial charge on any atom is 0.424 e. The third-order valence-corrected chi connectivity index (χ3v) is 3.29. The monoisotopic (exact) mass is 226 g/mol. The fraction of sp³-hybridized carbons (Fsp3) is 0.500. The molecule has 0 spiro atoms. The molecule has 1 aromatic heterocycles. The van der Waals surface area contributed by atoms with E-state index in [1.807, 2.05) is 0 Å². The number of nitrogens with zero attached hydrogens (tertiary/aromatic N) is 1. The number of cyclic esters (lactones) is 1. The number of thiophene rings is 1. The molecular weight excluding hydrogens is 212 g/mol. The first kappa shape index (κ1) is 10.4. The van der Waals surface area contributed by atoms with Gasteiger partial charge in [0, 0.05) is 29.3 Å². The molecule has 1 N–H and O–H groups in total. The lowest BCUT2D eigenvalue weighted by Gasteiger charge is -2.26. The summed E-state index contributed by atoms with van der Waals surface area (Å²) in [6.07, 6.45) is 0.607. The summed E-state index contributed by atoms with van der Waals surface area (Å²) in [4.78, 5) is 13.9. The Morgan fingerprint density at radius 2 is 2.47 bits per heavy atom. The van der Waals surface area contributed by atoms with Crippen LogP contribution in [-0.4, -0.2) is 30.8 Å². The molecule has 0 radical (unpaired) electrons. The number of ether oxygens (including phenoxy) is 1. The zero-order chi connectivity index (χ0) is 10.7. The fourth-order valence-corrected chi connectivity index (χ4v) is 2.35. The minimum absolute atomic E-state index is 0.269. The SMILES string of the molecule is Cc1ccc(CCN2NCCOC2=O)s1. The molecular formula is C10H14N2O2S. The first-order valence-corrected chi connectivity index (χ1v) is 5.80. The maximum atomic E-state index is 11.3. The van der Waals surface area contributed by atoms with Crippen LogP contribution in [0.1, 0.15) is 9.75 Å². The number of hydrazine groups is 1. The van der Waals surface area contributed by atoms with E-state index in [2.05, 4.69) is 24.5 Å². The van der Waals surface area contributed by atoms with Crippen molar-refractivity contribution in [3.63, 3.8) is 0 Å². The van der Waals surface area contributed by atoms with Gasteiger partial charge in [-0.3, -0.25) is 0 Å². The van der Waals surface area contributed by atoms with Gasteiger partial charge in [0.25, 0.3) is 0 Å². The van der Waals surface area contributed by atoms with Gasteiger partial charge in [-0.1, -0.05) is 0 Å². The molecule has 0 unspecified atom stereocenters. The van der Waals surface area contributed by atoms with Gasteiger partial charge >= 0.3 is 6.09 Å². The average molecular weight is 226 g/mol. The van der Waals surface area contributed by atoms with Gasteiger partial charge in [0.2, 0.25) is 0 Å². The minimum atomic E-state index is -0.269. The molecule has 1 aliphatic heterocycles. The second kappa shape index (κ2) is 4.63. The molecule has 15 heavy (non-hydrogen) atoms. The Balaban J connectivity index is 1.84. The summed E-state index contributed by atoms with van der Waals surface area (Å²) in [5, 5.41) is 1.54. The van der Waals surface area contributed by atoms with E-state index in [0.717, 1.165) is 6.42 Å². The van der Waals surface area contributed by atoms with Crippen LogP contribution < -0.4 is 5.43 Å². The number of rotatable bonds is 3. The molecule has 4 nitrogen and oxygen atoms in total. The smallest absolute Gasteiger partial charge is 0.424 e. The van der Waals surface area contributed by atoms with E-state index in [9.17, 15) is 4.79 Å². The van der Waals surface area contributed by atoms with Crippen molar-refractivity contribution in [2.75, 3.05) is 19.7 Å². The van der Waals surface area contributed by atoms with Gasteiger partial charge in [0.1, 0.15) is 6.61 Å². The molecule has 0 aliphatic carbocycles. The van der Waals surface area contributed by atoms with Crippen molar-refractivity contribution >= 4 is 17.4 Å². The van der Waals surface area contributed by atoms with Gasteiger partial charge in [-0.25, -0.2) is 15.2 Å². The second-order valence-electron chi connectivity index (χ2n) is 3.44. The molecule has 1 aliphatic rings. The highest BCUT2D eigenvalue weighted by Gasteiger charge is 2.18. The molecule has 0 saturated carbocycles. The molecule has 0 aromatic carbocycles. The van der Waals surface area contributed by atoms with E-state index >= 15 is 0 Å². The maximum absolute atomic E-state index is 11.3. The van der Waals surface area contributed by atoms with E-state index in [1.165, 1.54) is 9.75 Å². The molecule has 2 heterocycles. The lowest BCUT2D eigenvalue weighted by molar-refractivity contribution is 0.0491. The van der Waals surface area contributed by atoms with E-state index in [-0.39, 0.29) is 6.09 Å². The van der Waals surface area contributed by atoms with Crippen LogP contribution in [0, 0.1) is 6.92 Å². The Morgan fingerprint density at radius 3 is 3.13 bits per heavy atom. The van der Waals surface area contributed by atoms with Crippen LogP contribution in [0.2, 0.25) is 0 Å². The third-order valence-electron chi connectivity index (χ3n) is 2.23. The highest BCUT2D eigenvalue weighted by molar-refractivity contribution is 7.11. The van der Waals surface area contributed by atoms with Crippen molar-refractivity contribution in [1.82, 2.24) is 10.4 Å². The van der Waals surface area contributed by atoms with Crippen molar-refractivity contribution < 1.29 is 9.53 Å². The van der Waals surface area contributed by atoms with Crippen molar-refractivity contribution in [3.8, 4) is 0 Å². The summed E-state index contributed by atoms with van der Waals surface area (Å²) in [6.45, 7) is 3.92. The summed E-state index contributed by atoms with van der Waals surface area (Å²) in [6, 6.07) is 4.21. The van der Waals surface area contributed by atoms with Crippen LogP contribution in [0.4, 0.5) is 4.79 Å². The third kappa shape index (κ3) is 2.70. The largest absolute Gasteiger partial charge is 0.447 e. The number of hydrogen-bond acceptors (Lipinski definition) is 4. The Labute approximate surface area is 92.8 Å². The molecule has 5 heteroatoms. The first-order valence-electron chi connectivity index (χ1n) is 4.99. The molecule has 1 amide bonds. The van der Waals surface area contributed by atoms with Crippen molar-refractivity contribution in [3.05, 3.63) is 21.9 Å². The lowest BCUT2D eigenvalue weighted by Crippen LogP contribution is -2.50. The number of hydrogen-bond donors (Lipinski definition) is 1. The molecule has 0 atom stereocenters. The van der Waals surface area contributed by atoms with Crippen molar-refractivity contribution in [2.45, 2.75) is 13.3 Å². The van der Waals surface area contributed by atoms with Crippen LogP contribution in [0.5, 0.6) is 0 Å². The topological polar surface area (TPSA) is 41.6 Å². The first-order chi connectivity index (χ1) is 7.25. The van der Waals surface area contributed by atoms with Gasteiger partial charge in [-0.05, 0) is 19.1 Å². The molecule has 82 valence electrons. The zero-order valence-corrected chi connectivity index (χ0v) is 9.47. The van der Waals surface area contributed by atoms with Crippen LogP contribution >= 0.6 is 11.3 Å². The van der Waals surface area contributed by atoms with Crippen LogP contribution in [0.25, 0.3) is 0 Å². The lowest BCUT2D eigenvalue weighted by atomic mass is 10.3. The number of carbonyl (C=O) groups excluding carboxylic acids is 1. The quantitative estimate of drug-likeness (QED) is 0.850. The zero-order valence-electron chi connectivity index (χ0n) is 8.66. The van der Waals surface area contributed by atoms with E-state index in [1.54, 1.807) is 16.3 Å². The number of carbonyl (C=O) groups is 1. The number of aryl methyl sites for hydroxylation is 1. The van der Waals surface area contributed by atoms with Crippen LogP contribution in [-0.2, 0) is 11.2 Å². The molecule has 2 rings (SSSR count). The fourth-order valence-electron chi connectivity index (χ4n) is 1.47. The molecule has 1 saturated heterocycles. The van der Waals surface area contributed by atoms with Crippen molar-refractivity contribution in [2.24, 2.45) is 0 Å². The number of amides is 1. The predicted octanol–water partition coefficient (Wildman–Crippen LogP) is 1.56. The minimum Gasteiger partial charge on any atom is -0.447 e. The van der Waals surface area contributed by atoms with E-state index in [0.29, 0.717) is 19.7 Å². The Hall–Kier alpha value is -1.07. The van der Waals surface area contributed by atoms with Gasteiger partial charge < -0.3 is 4.74 Å². The summed E-state index contributed by atoms with van der Waals surface area (Å²) in [5.41, 5.74) is 3.01. The highest BCUT2D eigenvalue weighted by Crippen LogP contribution is 2.15. The summed E-state index contributed by atoms with van der Waals surface area (Å²) in [5.74, 6) is 0. The Kier molecular flexibility index (Phi) is 3.23. The Morgan fingerprint density at radius 1 is 1.60 bits per heavy atom. The van der Waals surface area contributed by atoms with Crippen LogP contribution in [0.15, 0.2) is 12.1 Å². The summed E-state index contributed by atoms with van der Waals surface area (Å²) in [7, 11) is 0. The average Bonchev–Trinajstić information content (AvgIpc) is 2.63. The van der Waals surface area contributed by atoms with Crippen molar-refractivity contribution in [1.29, 1.82) is 0 Å². The van der Waals surface area contributed by atoms with Gasteiger partial charge in [-0.15, -0.1) is 11.3 Å². The second-order valence-corrected chi connectivity index (χ2v) is 4.81. The van der Waals surface area contributed by atoms with Gasteiger partial charge in [0.05, 0.1) is 0 Å². The summed E-state index contributed by atoms with van der Waals surface area (Å²) >= 11 is 1.77. The van der Waals surface area contributed by atoms with Gasteiger partial charge in [-0.2, -0.15) is 0 Å². The van der Waals surface area contributed by atoms with Crippen LogP contribution in [0.3, 0.4) is 0 Å². The number of nitrogens with one attached hydrogen (secondary N) is 1. The predicted molar refractivity (Wildman–Crippen MR) is 58.8 cm³/mol. The van der Waals surface area contributed by atoms with E-state index in [4.69, 9.17) is 4.74 Å². The van der Waals surface area contributed by atoms with Gasteiger partial charge in [0.15, 0.2) is 0 Å². The standard InChI is InChI=1S/C10H14N2O2S/c1-8-2-3-9(15-8)4-6-12-10(13)14-7-5-11-12/h2-3,11H,4-7H2,1H3. The molecule has 1 aromatic rings. The van der Waals surface area contributed by atoms with E-state index < -0.39 is 0 Å². The molecule has 0 bridgehead atoms. The molecule has 1 fully saturated rings. The normalized spacial score (nSPS) is 16.6. The highest BCUT2D eigenvalue weighted by atomic mass is 32.1. The Bertz CT molecular complexity index is 351.